The van der Waals surface area contributed by atoms with E-state index in [1.807, 2.05) is 6.08 Å². The molecule has 1 nitrogen and oxygen atoms in total. The molecule has 1 aromatic heterocycles. The second kappa shape index (κ2) is 4.80. The molecule has 0 aliphatic rings. The van der Waals surface area contributed by atoms with E-state index in [-0.39, 0.29) is 0 Å². The number of aromatic nitrogens is 1. The summed E-state index contributed by atoms with van der Waals surface area (Å²) in [5, 5.41) is 0. The van der Waals surface area contributed by atoms with Crippen molar-refractivity contribution in [3.8, 4) is 0 Å². The van der Waals surface area contributed by atoms with Crippen LogP contribution >= 0.6 is 0 Å². The summed E-state index contributed by atoms with van der Waals surface area (Å²) in [7, 11) is 0. The first-order valence-corrected chi connectivity index (χ1v) is 4.87. The number of hydrogen-bond acceptors (Lipinski definition) is 0. The Morgan fingerprint density at radius 2 is 2.08 bits per heavy atom. The maximum Gasteiger partial charge on any atom is 0.169 e. The highest BCUT2D eigenvalue weighted by Gasteiger charge is 2.05. The summed E-state index contributed by atoms with van der Waals surface area (Å²) in [6.07, 6.45) is 7.33. The summed E-state index contributed by atoms with van der Waals surface area (Å²) < 4.78 is 2.22. The molecule has 1 aromatic rings. The molecule has 0 fully saturated rings. The lowest BCUT2D eigenvalue weighted by molar-refractivity contribution is -0.702. The third-order valence-electron chi connectivity index (χ3n) is 2.37. The molecule has 70 valence electrons. The van der Waals surface area contributed by atoms with Crippen LogP contribution < -0.4 is 4.57 Å². The maximum absolute atomic E-state index is 3.73. The van der Waals surface area contributed by atoms with E-state index in [1.165, 1.54) is 12.0 Å². The zero-order valence-corrected chi connectivity index (χ0v) is 8.53. The van der Waals surface area contributed by atoms with E-state index in [0.717, 1.165) is 12.5 Å². The molecule has 0 aromatic carbocycles. The molecular weight excluding hydrogens is 158 g/mol. The third-order valence-corrected chi connectivity index (χ3v) is 2.37. The van der Waals surface area contributed by atoms with Crippen LogP contribution in [0.15, 0.2) is 31.1 Å². The second-order valence-electron chi connectivity index (χ2n) is 3.55. The first kappa shape index (κ1) is 9.97. The van der Waals surface area contributed by atoms with Crippen molar-refractivity contribution in [3.63, 3.8) is 0 Å². The summed E-state index contributed by atoms with van der Waals surface area (Å²) in [4.78, 5) is 0. The van der Waals surface area contributed by atoms with E-state index >= 15 is 0 Å². The smallest absolute Gasteiger partial charge is 0.169 e. The quantitative estimate of drug-likeness (QED) is 0.621. The monoisotopic (exact) mass is 176 g/mol. The van der Waals surface area contributed by atoms with E-state index in [2.05, 4.69) is 49.5 Å². The fraction of sp³-hybridized carbons (Fsp3) is 0.417. The number of hydrogen-bond donors (Lipinski definition) is 0. The van der Waals surface area contributed by atoms with Gasteiger partial charge in [0.2, 0.25) is 0 Å². The van der Waals surface area contributed by atoms with Gasteiger partial charge in [-0.15, -0.1) is 0 Å². The molecule has 0 aliphatic heterocycles. The minimum Gasteiger partial charge on any atom is -0.205 e. The Balaban J connectivity index is 2.63. The number of rotatable bonds is 4. The van der Waals surface area contributed by atoms with Crippen molar-refractivity contribution in [3.05, 3.63) is 36.7 Å². The van der Waals surface area contributed by atoms with Gasteiger partial charge >= 0.3 is 0 Å². The van der Waals surface area contributed by atoms with Gasteiger partial charge in [0.1, 0.15) is 0 Å². The highest BCUT2D eigenvalue weighted by Crippen LogP contribution is 2.01. The van der Waals surface area contributed by atoms with Gasteiger partial charge in [0.05, 0.1) is 0 Å². The predicted octanol–water partition coefficient (Wildman–Crippen LogP) is 2.66. The van der Waals surface area contributed by atoms with Gasteiger partial charge in [-0.25, -0.2) is 4.57 Å². The van der Waals surface area contributed by atoms with Crippen LogP contribution in [0.2, 0.25) is 0 Å². The Kier molecular flexibility index (Phi) is 3.69. The zero-order chi connectivity index (χ0) is 9.68. The molecule has 0 spiro atoms. The highest BCUT2D eigenvalue weighted by atomic mass is 14.9. The Morgan fingerprint density at radius 1 is 1.46 bits per heavy atom. The number of pyridine rings is 1. The van der Waals surface area contributed by atoms with Gasteiger partial charge < -0.3 is 0 Å². The van der Waals surface area contributed by atoms with Crippen LogP contribution in [-0.2, 0) is 6.54 Å². The normalized spacial score (nSPS) is 12.5. The minimum absolute atomic E-state index is 0.750. The van der Waals surface area contributed by atoms with Crippen LogP contribution in [0, 0.1) is 5.92 Å². The molecule has 0 radical (unpaired) electrons. The van der Waals surface area contributed by atoms with Crippen molar-refractivity contribution in [2.45, 2.75) is 26.8 Å². The molecule has 1 heteroatoms. The SMILES string of the molecule is C=Cc1cc[n+](CC(C)CC)cc1. The Hall–Kier alpha value is -1.11. The van der Waals surface area contributed by atoms with Crippen molar-refractivity contribution in [2.24, 2.45) is 5.92 Å². The van der Waals surface area contributed by atoms with Gasteiger partial charge in [-0.1, -0.05) is 26.5 Å². The molecule has 1 rings (SSSR count). The van der Waals surface area contributed by atoms with Crippen LogP contribution in [0.1, 0.15) is 25.8 Å². The average Bonchev–Trinajstić information content (AvgIpc) is 2.19. The van der Waals surface area contributed by atoms with Gasteiger partial charge in [-0.05, 0) is 12.0 Å². The molecule has 1 atom stereocenters. The standard InChI is InChI=1S/C12H18N/c1-4-11(3)10-13-8-6-12(5-2)7-9-13/h5-9,11H,2,4,10H2,1,3H3/q+1. The molecule has 1 unspecified atom stereocenters. The van der Waals surface area contributed by atoms with Gasteiger partial charge in [-0.3, -0.25) is 0 Å². The number of nitrogens with zero attached hydrogens (tertiary/aromatic N) is 1. The van der Waals surface area contributed by atoms with Crippen LogP contribution in [-0.4, -0.2) is 0 Å². The van der Waals surface area contributed by atoms with Crippen molar-refractivity contribution in [1.82, 2.24) is 0 Å². The van der Waals surface area contributed by atoms with Crippen molar-refractivity contribution >= 4 is 6.08 Å². The van der Waals surface area contributed by atoms with E-state index in [0.29, 0.717) is 0 Å². The Labute approximate surface area is 80.7 Å². The van der Waals surface area contributed by atoms with Crippen LogP contribution in [0.3, 0.4) is 0 Å². The van der Waals surface area contributed by atoms with E-state index in [9.17, 15) is 0 Å². The molecule has 0 saturated heterocycles. The summed E-state index contributed by atoms with van der Waals surface area (Å²) in [6.45, 7) is 9.33. The second-order valence-corrected chi connectivity index (χ2v) is 3.55. The fourth-order valence-electron chi connectivity index (χ4n) is 1.22. The van der Waals surface area contributed by atoms with Crippen molar-refractivity contribution < 1.29 is 4.57 Å². The molecular formula is C12H18N+. The molecule has 0 amide bonds. The summed E-state index contributed by atoms with van der Waals surface area (Å²) in [6, 6.07) is 4.19. The van der Waals surface area contributed by atoms with Crippen LogP contribution in [0.25, 0.3) is 6.08 Å². The van der Waals surface area contributed by atoms with Crippen molar-refractivity contribution in [2.75, 3.05) is 0 Å². The molecule has 13 heavy (non-hydrogen) atoms. The van der Waals surface area contributed by atoms with Crippen molar-refractivity contribution in [1.29, 1.82) is 0 Å². The molecule has 0 saturated carbocycles. The largest absolute Gasteiger partial charge is 0.205 e. The lowest BCUT2D eigenvalue weighted by Gasteiger charge is -2.03. The molecule has 1 heterocycles. The lowest BCUT2D eigenvalue weighted by Crippen LogP contribution is -2.35. The molecule has 0 aliphatic carbocycles. The van der Waals surface area contributed by atoms with Gasteiger partial charge in [0.15, 0.2) is 18.9 Å². The first-order valence-electron chi connectivity index (χ1n) is 4.87. The molecule has 0 bridgehead atoms. The van der Waals surface area contributed by atoms with E-state index < -0.39 is 0 Å². The Morgan fingerprint density at radius 3 is 2.54 bits per heavy atom. The van der Waals surface area contributed by atoms with E-state index in [4.69, 9.17) is 0 Å². The summed E-state index contributed by atoms with van der Waals surface area (Å²) in [5.41, 5.74) is 1.18. The highest BCUT2D eigenvalue weighted by molar-refractivity contribution is 5.44. The van der Waals surface area contributed by atoms with Gasteiger partial charge in [-0.2, -0.15) is 0 Å². The van der Waals surface area contributed by atoms with E-state index in [1.54, 1.807) is 0 Å². The average molecular weight is 176 g/mol. The minimum atomic E-state index is 0.750. The van der Waals surface area contributed by atoms with Gasteiger partial charge in [0.25, 0.3) is 0 Å². The first-order chi connectivity index (χ1) is 6.26. The predicted molar refractivity (Wildman–Crippen MR) is 56.2 cm³/mol. The third kappa shape index (κ3) is 3.02. The fourth-order valence-corrected chi connectivity index (χ4v) is 1.22. The van der Waals surface area contributed by atoms with Gasteiger partial charge in [0, 0.05) is 18.1 Å². The summed E-state index contributed by atoms with van der Waals surface area (Å²) >= 11 is 0. The van der Waals surface area contributed by atoms with Crippen LogP contribution in [0.5, 0.6) is 0 Å². The summed E-state index contributed by atoms with van der Waals surface area (Å²) in [5.74, 6) is 0.750. The Bertz CT molecular complexity index is 261. The lowest BCUT2D eigenvalue weighted by atomic mass is 10.1. The van der Waals surface area contributed by atoms with Crippen LogP contribution in [0.4, 0.5) is 0 Å². The topological polar surface area (TPSA) is 3.88 Å². The maximum atomic E-state index is 3.73. The molecule has 0 N–H and O–H groups in total. The zero-order valence-electron chi connectivity index (χ0n) is 8.53.